The third kappa shape index (κ3) is 7.45. The Morgan fingerprint density at radius 1 is 1.33 bits per heavy atom. The van der Waals surface area contributed by atoms with Crippen molar-refractivity contribution in [3.05, 3.63) is 30.3 Å². The lowest BCUT2D eigenvalue weighted by Gasteiger charge is -2.12. The van der Waals surface area contributed by atoms with Crippen molar-refractivity contribution in [3.63, 3.8) is 0 Å². The molecule has 0 bridgehead atoms. The zero-order chi connectivity index (χ0) is 15.7. The molecule has 0 aromatic heterocycles. The van der Waals surface area contributed by atoms with Crippen molar-refractivity contribution in [2.75, 3.05) is 18.1 Å². The monoisotopic (exact) mass is 313 g/mol. The molecule has 21 heavy (non-hydrogen) atoms. The summed E-state index contributed by atoms with van der Waals surface area (Å²) in [5.74, 6) is -0.660. The van der Waals surface area contributed by atoms with E-state index in [0.29, 0.717) is 18.8 Å². The van der Waals surface area contributed by atoms with Gasteiger partial charge in [0.25, 0.3) is 0 Å². The van der Waals surface area contributed by atoms with Crippen LogP contribution in [0, 0.1) is 0 Å². The molecule has 0 fully saturated rings. The van der Waals surface area contributed by atoms with Gasteiger partial charge in [0.1, 0.15) is 11.8 Å². The molecule has 0 saturated carbocycles. The van der Waals surface area contributed by atoms with Crippen molar-refractivity contribution in [1.29, 1.82) is 0 Å². The van der Waals surface area contributed by atoms with Crippen LogP contribution in [-0.4, -0.2) is 45.3 Å². The van der Waals surface area contributed by atoms with Crippen LogP contribution in [0.2, 0.25) is 0 Å². The lowest BCUT2D eigenvalue weighted by molar-refractivity contribution is -0.140. The molecule has 0 heterocycles. The summed E-state index contributed by atoms with van der Waals surface area (Å²) >= 11 is 0. The summed E-state index contributed by atoms with van der Waals surface area (Å²) in [5, 5.41) is 11.2. The Morgan fingerprint density at radius 2 is 2.00 bits per heavy atom. The maximum Gasteiger partial charge on any atom is 0.327 e. The molecule has 1 amide bonds. The Balaban J connectivity index is 2.26. The SMILES string of the molecule is CC(=O)NC(CS(=O)CCCOc1ccccc1)C(=O)O. The Hall–Kier alpha value is -1.89. The average molecular weight is 313 g/mol. The number of hydrogen-bond donors (Lipinski definition) is 2. The van der Waals surface area contributed by atoms with E-state index < -0.39 is 28.7 Å². The molecule has 1 aromatic carbocycles. The van der Waals surface area contributed by atoms with Crippen molar-refractivity contribution in [2.45, 2.75) is 19.4 Å². The van der Waals surface area contributed by atoms with Crippen LogP contribution in [0.3, 0.4) is 0 Å². The molecule has 0 spiro atoms. The van der Waals surface area contributed by atoms with E-state index in [1.165, 1.54) is 6.92 Å². The highest BCUT2D eigenvalue weighted by molar-refractivity contribution is 7.85. The number of amides is 1. The van der Waals surface area contributed by atoms with Crippen molar-refractivity contribution < 1.29 is 23.6 Å². The van der Waals surface area contributed by atoms with E-state index in [9.17, 15) is 13.8 Å². The van der Waals surface area contributed by atoms with Gasteiger partial charge in [0.2, 0.25) is 5.91 Å². The summed E-state index contributed by atoms with van der Waals surface area (Å²) in [6.45, 7) is 1.64. The minimum absolute atomic E-state index is 0.0970. The molecule has 1 aromatic rings. The molecule has 0 aliphatic heterocycles. The first-order chi connectivity index (χ1) is 9.99. The summed E-state index contributed by atoms with van der Waals surface area (Å²) in [5.41, 5.74) is 0. The second kappa shape index (κ2) is 9.12. The van der Waals surface area contributed by atoms with Crippen molar-refractivity contribution >= 4 is 22.7 Å². The Bertz CT molecular complexity index is 491. The average Bonchev–Trinajstić information content (AvgIpc) is 2.43. The van der Waals surface area contributed by atoms with Gasteiger partial charge in [-0.1, -0.05) is 18.2 Å². The van der Waals surface area contributed by atoms with Crippen molar-refractivity contribution in [3.8, 4) is 5.75 Å². The summed E-state index contributed by atoms with van der Waals surface area (Å²) in [7, 11) is -1.32. The number of aliphatic carboxylic acids is 1. The minimum Gasteiger partial charge on any atom is -0.494 e. The van der Waals surface area contributed by atoms with E-state index in [-0.39, 0.29) is 5.75 Å². The van der Waals surface area contributed by atoms with Crippen LogP contribution in [0.5, 0.6) is 5.75 Å². The predicted octanol–water partition coefficient (Wildman–Crippen LogP) is 0.793. The second-order valence-corrected chi connectivity index (χ2v) is 6.04. The van der Waals surface area contributed by atoms with Gasteiger partial charge in [-0.3, -0.25) is 9.00 Å². The number of para-hydroxylation sites is 1. The number of hydrogen-bond acceptors (Lipinski definition) is 4. The highest BCUT2D eigenvalue weighted by Gasteiger charge is 2.20. The third-order valence-corrected chi connectivity index (χ3v) is 4.01. The molecule has 0 aliphatic rings. The predicted molar refractivity (Wildman–Crippen MR) is 79.7 cm³/mol. The Labute approximate surface area is 126 Å². The number of carbonyl (C=O) groups excluding carboxylic acids is 1. The number of benzene rings is 1. The molecule has 0 saturated heterocycles. The van der Waals surface area contributed by atoms with Crippen LogP contribution in [0.1, 0.15) is 13.3 Å². The van der Waals surface area contributed by atoms with Gasteiger partial charge in [0, 0.05) is 23.5 Å². The number of carboxylic acids is 1. The molecule has 1 rings (SSSR count). The van der Waals surface area contributed by atoms with Crippen molar-refractivity contribution in [2.24, 2.45) is 0 Å². The first-order valence-electron chi connectivity index (χ1n) is 6.51. The smallest absolute Gasteiger partial charge is 0.327 e. The lowest BCUT2D eigenvalue weighted by Crippen LogP contribution is -2.43. The molecule has 7 heteroatoms. The fraction of sp³-hybridized carbons (Fsp3) is 0.429. The number of ether oxygens (including phenoxy) is 1. The molecular formula is C14H19NO5S. The van der Waals surface area contributed by atoms with Crippen LogP contribution < -0.4 is 10.1 Å². The van der Waals surface area contributed by atoms with Gasteiger partial charge in [-0.15, -0.1) is 0 Å². The normalized spacial score (nSPS) is 13.2. The Kier molecular flexibility index (Phi) is 7.45. The van der Waals surface area contributed by atoms with Crippen LogP contribution >= 0.6 is 0 Å². The largest absolute Gasteiger partial charge is 0.494 e. The standard InChI is InChI=1S/C14H19NO5S/c1-11(16)15-13(14(17)18)10-21(19)9-5-8-20-12-6-3-2-4-7-12/h2-4,6-7,13H,5,8-10H2,1H3,(H,15,16)(H,17,18). The lowest BCUT2D eigenvalue weighted by atomic mass is 10.3. The summed E-state index contributed by atoms with van der Waals surface area (Å²) in [6.07, 6.45) is 0.550. The van der Waals surface area contributed by atoms with Gasteiger partial charge in [-0.05, 0) is 18.6 Å². The van der Waals surface area contributed by atoms with Gasteiger partial charge < -0.3 is 15.2 Å². The fourth-order valence-electron chi connectivity index (χ4n) is 1.62. The van der Waals surface area contributed by atoms with Gasteiger partial charge in [-0.25, -0.2) is 4.79 Å². The number of rotatable bonds is 9. The van der Waals surface area contributed by atoms with E-state index in [1.807, 2.05) is 30.3 Å². The molecule has 2 atom stereocenters. The number of carbonyl (C=O) groups is 2. The highest BCUT2D eigenvalue weighted by atomic mass is 32.2. The second-order valence-electron chi connectivity index (χ2n) is 4.42. The fourth-order valence-corrected chi connectivity index (χ4v) is 2.82. The van der Waals surface area contributed by atoms with Crippen molar-refractivity contribution in [1.82, 2.24) is 5.32 Å². The highest BCUT2D eigenvalue weighted by Crippen LogP contribution is 2.08. The number of nitrogens with one attached hydrogen (secondary N) is 1. The van der Waals surface area contributed by atoms with E-state index in [0.717, 1.165) is 5.75 Å². The molecule has 116 valence electrons. The van der Waals surface area contributed by atoms with Crippen LogP contribution in [0.15, 0.2) is 30.3 Å². The molecule has 2 N–H and O–H groups in total. The summed E-state index contributed by atoms with van der Waals surface area (Å²) in [4.78, 5) is 21.8. The first kappa shape index (κ1) is 17.2. The molecule has 6 nitrogen and oxygen atoms in total. The van der Waals surface area contributed by atoms with Gasteiger partial charge >= 0.3 is 5.97 Å². The minimum atomic E-state index is -1.32. The quantitative estimate of drug-likeness (QED) is 0.658. The summed E-state index contributed by atoms with van der Waals surface area (Å²) < 4.78 is 17.2. The summed E-state index contributed by atoms with van der Waals surface area (Å²) in [6, 6.07) is 8.15. The van der Waals surface area contributed by atoms with E-state index in [1.54, 1.807) is 0 Å². The maximum absolute atomic E-state index is 11.8. The zero-order valence-corrected chi connectivity index (χ0v) is 12.6. The maximum atomic E-state index is 11.8. The Morgan fingerprint density at radius 3 is 2.57 bits per heavy atom. The number of carboxylic acid groups (broad SMARTS) is 1. The third-order valence-electron chi connectivity index (χ3n) is 2.56. The van der Waals surface area contributed by atoms with Gasteiger partial charge in [0.05, 0.1) is 12.4 Å². The topological polar surface area (TPSA) is 92.7 Å². The van der Waals surface area contributed by atoms with Crippen LogP contribution in [-0.2, 0) is 20.4 Å². The zero-order valence-electron chi connectivity index (χ0n) is 11.8. The van der Waals surface area contributed by atoms with Crippen LogP contribution in [0.4, 0.5) is 0 Å². The molecule has 2 unspecified atom stereocenters. The molecular weight excluding hydrogens is 294 g/mol. The van der Waals surface area contributed by atoms with E-state index >= 15 is 0 Å². The van der Waals surface area contributed by atoms with Gasteiger partial charge in [-0.2, -0.15) is 0 Å². The van der Waals surface area contributed by atoms with E-state index in [2.05, 4.69) is 5.32 Å². The first-order valence-corrected chi connectivity index (χ1v) is 8.00. The molecule has 0 aliphatic carbocycles. The molecule has 0 radical (unpaired) electrons. The van der Waals surface area contributed by atoms with Crippen LogP contribution in [0.25, 0.3) is 0 Å². The van der Waals surface area contributed by atoms with E-state index in [4.69, 9.17) is 9.84 Å². The van der Waals surface area contributed by atoms with Gasteiger partial charge in [0.15, 0.2) is 0 Å².